The fourth-order valence-electron chi connectivity index (χ4n) is 2.70. The Morgan fingerprint density at radius 1 is 1.32 bits per heavy atom. The molecule has 1 saturated heterocycles. The lowest BCUT2D eigenvalue weighted by atomic mass is 9.91. The van der Waals surface area contributed by atoms with Crippen molar-refractivity contribution in [1.82, 2.24) is 10.2 Å². The molecule has 5 nitrogen and oxygen atoms in total. The Hall–Kier alpha value is -0.810. The fraction of sp³-hybridized carbons (Fsp3) is 0.941. The second-order valence-corrected chi connectivity index (χ2v) is 7.31. The lowest BCUT2D eigenvalue weighted by molar-refractivity contribution is 0.0536. The average molecular weight is 313 g/mol. The van der Waals surface area contributed by atoms with Gasteiger partial charge in [-0.2, -0.15) is 0 Å². The third-order valence-electron chi connectivity index (χ3n) is 3.97. The third kappa shape index (κ3) is 7.99. The van der Waals surface area contributed by atoms with Crippen molar-refractivity contribution < 1.29 is 9.47 Å². The number of aliphatic imine (C=N–C) groups is 1. The predicted octanol–water partition coefficient (Wildman–Crippen LogP) is 2.37. The quantitative estimate of drug-likeness (QED) is 0.424. The highest BCUT2D eigenvalue weighted by molar-refractivity contribution is 5.80. The summed E-state index contributed by atoms with van der Waals surface area (Å²) in [5.74, 6) is 1.64. The van der Waals surface area contributed by atoms with E-state index in [4.69, 9.17) is 9.47 Å². The van der Waals surface area contributed by atoms with Gasteiger partial charge in [0.1, 0.15) is 0 Å². The monoisotopic (exact) mass is 313 g/mol. The molecule has 0 radical (unpaired) electrons. The van der Waals surface area contributed by atoms with Crippen LogP contribution in [0.15, 0.2) is 4.99 Å². The average Bonchev–Trinajstić information content (AvgIpc) is 2.91. The van der Waals surface area contributed by atoms with Gasteiger partial charge in [-0.15, -0.1) is 0 Å². The van der Waals surface area contributed by atoms with Crippen molar-refractivity contribution in [3.05, 3.63) is 0 Å². The highest BCUT2D eigenvalue weighted by Crippen LogP contribution is 2.20. The molecule has 1 N–H and O–H groups in total. The van der Waals surface area contributed by atoms with E-state index in [1.807, 2.05) is 7.05 Å². The molecule has 0 aromatic carbocycles. The van der Waals surface area contributed by atoms with Crippen LogP contribution in [0.3, 0.4) is 0 Å². The molecule has 0 bridgehead atoms. The minimum absolute atomic E-state index is 0.406. The molecule has 22 heavy (non-hydrogen) atoms. The smallest absolute Gasteiger partial charge is 0.193 e. The minimum atomic E-state index is 0.406. The predicted molar refractivity (Wildman–Crippen MR) is 92.4 cm³/mol. The summed E-state index contributed by atoms with van der Waals surface area (Å²) < 4.78 is 10.6. The SMILES string of the molecule is CN=C(NCCCC(C)(C)C)N1CCC(COCCOC)C1. The van der Waals surface area contributed by atoms with Crippen molar-refractivity contribution in [2.24, 2.45) is 16.3 Å². The highest BCUT2D eigenvalue weighted by Gasteiger charge is 2.24. The van der Waals surface area contributed by atoms with Crippen LogP contribution in [-0.4, -0.2) is 64.5 Å². The van der Waals surface area contributed by atoms with E-state index >= 15 is 0 Å². The van der Waals surface area contributed by atoms with Crippen molar-refractivity contribution >= 4 is 5.96 Å². The molecule has 1 aliphatic heterocycles. The zero-order chi connectivity index (χ0) is 16.4. The molecule has 5 heteroatoms. The zero-order valence-electron chi connectivity index (χ0n) is 15.2. The van der Waals surface area contributed by atoms with Gasteiger partial charge in [0.25, 0.3) is 0 Å². The first-order valence-corrected chi connectivity index (χ1v) is 8.48. The summed E-state index contributed by atoms with van der Waals surface area (Å²) in [7, 11) is 3.57. The molecule has 0 amide bonds. The van der Waals surface area contributed by atoms with Gasteiger partial charge in [0.15, 0.2) is 5.96 Å². The normalized spacial score (nSPS) is 19.8. The van der Waals surface area contributed by atoms with Gasteiger partial charge in [0.2, 0.25) is 0 Å². The maximum absolute atomic E-state index is 5.64. The second-order valence-electron chi connectivity index (χ2n) is 7.31. The molecule has 130 valence electrons. The van der Waals surface area contributed by atoms with Gasteiger partial charge < -0.3 is 19.7 Å². The molecule has 1 fully saturated rings. The third-order valence-corrected chi connectivity index (χ3v) is 3.97. The van der Waals surface area contributed by atoms with Gasteiger partial charge in [0.05, 0.1) is 19.8 Å². The first kappa shape index (κ1) is 19.2. The summed E-state index contributed by atoms with van der Waals surface area (Å²) in [6.45, 7) is 12.1. The summed E-state index contributed by atoms with van der Waals surface area (Å²) in [5.41, 5.74) is 0.406. The van der Waals surface area contributed by atoms with E-state index in [0.717, 1.165) is 32.2 Å². The van der Waals surface area contributed by atoms with Crippen LogP contribution in [0, 0.1) is 11.3 Å². The molecular weight excluding hydrogens is 278 g/mol. The van der Waals surface area contributed by atoms with Gasteiger partial charge in [-0.3, -0.25) is 4.99 Å². The molecule has 1 atom stereocenters. The number of nitrogens with one attached hydrogen (secondary N) is 1. The number of hydrogen-bond acceptors (Lipinski definition) is 3. The van der Waals surface area contributed by atoms with Crippen LogP contribution in [0.5, 0.6) is 0 Å². The summed E-state index contributed by atoms with van der Waals surface area (Å²) in [4.78, 5) is 6.77. The summed E-state index contributed by atoms with van der Waals surface area (Å²) in [5, 5.41) is 3.50. The number of methoxy groups -OCH3 is 1. The maximum atomic E-state index is 5.64. The lowest BCUT2D eigenvalue weighted by Crippen LogP contribution is -2.40. The van der Waals surface area contributed by atoms with Gasteiger partial charge >= 0.3 is 0 Å². The molecule has 0 aliphatic carbocycles. The minimum Gasteiger partial charge on any atom is -0.382 e. The fourth-order valence-corrected chi connectivity index (χ4v) is 2.70. The summed E-state index contributed by atoms with van der Waals surface area (Å²) in [6, 6.07) is 0. The van der Waals surface area contributed by atoms with Crippen LogP contribution in [0.4, 0.5) is 0 Å². The van der Waals surface area contributed by atoms with Gasteiger partial charge in [-0.05, 0) is 24.7 Å². The van der Waals surface area contributed by atoms with Gasteiger partial charge in [0, 0.05) is 39.7 Å². The van der Waals surface area contributed by atoms with Crippen molar-refractivity contribution in [1.29, 1.82) is 0 Å². The molecule has 0 aromatic rings. The van der Waals surface area contributed by atoms with E-state index in [0.29, 0.717) is 24.5 Å². The maximum Gasteiger partial charge on any atom is 0.193 e. The number of likely N-dealkylation sites (tertiary alicyclic amines) is 1. The van der Waals surface area contributed by atoms with Crippen molar-refractivity contribution in [3.63, 3.8) is 0 Å². The van der Waals surface area contributed by atoms with Crippen molar-refractivity contribution in [3.8, 4) is 0 Å². The van der Waals surface area contributed by atoms with Crippen LogP contribution < -0.4 is 5.32 Å². The topological polar surface area (TPSA) is 46.1 Å². The van der Waals surface area contributed by atoms with Crippen LogP contribution in [0.2, 0.25) is 0 Å². The zero-order valence-corrected chi connectivity index (χ0v) is 15.2. The molecular formula is C17H35N3O2. The van der Waals surface area contributed by atoms with E-state index in [1.165, 1.54) is 19.3 Å². The molecule has 1 rings (SSSR count). The summed E-state index contributed by atoms with van der Waals surface area (Å²) >= 11 is 0. The Balaban J connectivity index is 2.22. The van der Waals surface area contributed by atoms with E-state index in [-0.39, 0.29) is 0 Å². The van der Waals surface area contributed by atoms with Gasteiger partial charge in [-0.1, -0.05) is 20.8 Å². The van der Waals surface area contributed by atoms with Crippen LogP contribution in [0.1, 0.15) is 40.0 Å². The molecule has 1 aliphatic rings. The lowest BCUT2D eigenvalue weighted by Gasteiger charge is -2.23. The van der Waals surface area contributed by atoms with Crippen LogP contribution in [-0.2, 0) is 9.47 Å². The number of rotatable bonds is 8. The largest absolute Gasteiger partial charge is 0.382 e. The van der Waals surface area contributed by atoms with E-state index in [2.05, 4.69) is 36.0 Å². The number of nitrogens with zero attached hydrogens (tertiary/aromatic N) is 2. The number of guanidine groups is 1. The van der Waals surface area contributed by atoms with Gasteiger partial charge in [-0.25, -0.2) is 0 Å². The Morgan fingerprint density at radius 2 is 2.09 bits per heavy atom. The van der Waals surface area contributed by atoms with E-state index in [9.17, 15) is 0 Å². The Labute approximate surface area is 136 Å². The van der Waals surface area contributed by atoms with Crippen molar-refractivity contribution in [2.45, 2.75) is 40.0 Å². The van der Waals surface area contributed by atoms with Crippen LogP contribution in [0.25, 0.3) is 0 Å². The van der Waals surface area contributed by atoms with Crippen molar-refractivity contribution in [2.75, 3.05) is 53.6 Å². The Bertz CT molecular complexity index is 326. The first-order chi connectivity index (χ1) is 10.5. The van der Waals surface area contributed by atoms with E-state index < -0.39 is 0 Å². The molecule has 1 heterocycles. The molecule has 0 spiro atoms. The molecule has 0 aromatic heterocycles. The second kappa shape index (κ2) is 10.1. The number of hydrogen-bond donors (Lipinski definition) is 1. The highest BCUT2D eigenvalue weighted by atomic mass is 16.5. The Kier molecular flexibility index (Phi) is 8.79. The summed E-state index contributed by atoms with van der Waals surface area (Å²) in [6.07, 6.45) is 3.59. The Morgan fingerprint density at radius 3 is 2.73 bits per heavy atom. The molecule has 1 unspecified atom stereocenters. The molecule has 0 saturated carbocycles. The van der Waals surface area contributed by atoms with E-state index in [1.54, 1.807) is 7.11 Å². The number of ether oxygens (including phenoxy) is 2. The first-order valence-electron chi connectivity index (χ1n) is 8.48. The van der Waals surface area contributed by atoms with Crippen LogP contribution >= 0.6 is 0 Å². The standard InChI is InChI=1S/C17H35N3O2/c1-17(2,3)8-6-9-19-16(18-4)20-10-7-15(13-20)14-22-12-11-21-5/h15H,6-14H2,1-5H3,(H,18,19).